The lowest BCUT2D eigenvalue weighted by Crippen LogP contribution is -2.28. The van der Waals surface area contributed by atoms with Gasteiger partial charge < -0.3 is 10.6 Å². The quantitative estimate of drug-likeness (QED) is 0.796. The number of rotatable bonds is 3. The average molecular weight is 351 g/mol. The Hall–Kier alpha value is -2.12. The summed E-state index contributed by atoms with van der Waals surface area (Å²) < 4.78 is 0. The Kier molecular flexibility index (Phi) is 4.78. The molecule has 3 rings (SSSR count). The van der Waals surface area contributed by atoms with Crippen LogP contribution in [-0.2, 0) is 13.0 Å². The minimum absolute atomic E-state index is 0.121. The van der Waals surface area contributed by atoms with E-state index in [0.717, 1.165) is 24.1 Å². The zero-order valence-corrected chi connectivity index (χ0v) is 13.8. The molecule has 2 aromatic rings. The fourth-order valence-electron chi connectivity index (χ4n) is 2.22. The first kappa shape index (κ1) is 15.8. The van der Waals surface area contributed by atoms with Gasteiger partial charge in [0.1, 0.15) is 4.88 Å². The molecule has 8 heteroatoms. The van der Waals surface area contributed by atoms with Crippen LogP contribution >= 0.6 is 22.9 Å². The summed E-state index contributed by atoms with van der Waals surface area (Å²) in [6.07, 6.45) is 1.59. The van der Waals surface area contributed by atoms with Crippen LogP contribution in [0.25, 0.3) is 0 Å². The molecule has 0 fully saturated rings. The third-order valence-corrected chi connectivity index (χ3v) is 4.63. The average Bonchev–Trinajstić information content (AvgIpc) is 2.86. The Labute approximate surface area is 142 Å². The number of aryl methyl sites for hydroxylation is 1. The van der Waals surface area contributed by atoms with Crippen LogP contribution in [0, 0.1) is 0 Å². The van der Waals surface area contributed by atoms with Crippen molar-refractivity contribution < 1.29 is 9.59 Å². The van der Waals surface area contributed by atoms with Crippen LogP contribution in [0.3, 0.4) is 0 Å². The van der Waals surface area contributed by atoms with Crippen molar-refractivity contribution >= 4 is 40.0 Å². The Bertz CT molecular complexity index is 730. The number of aromatic nitrogens is 1. The fourth-order valence-corrected chi connectivity index (χ4v) is 3.27. The highest BCUT2D eigenvalue weighted by atomic mass is 35.5. The second-order valence-electron chi connectivity index (χ2n) is 5.09. The molecule has 1 aliphatic rings. The maximum Gasteiger partial charge on any atom is 0.321 e. The van der Waals surface area contributed by atoms with E-state index in [1.807, 2.05) is 12.1 Å². The van der Waals surface area contributed by atoms with Crippen molar-refractivity contribution in [2.24, 2.45) is 0 Å². The number of carbonyl (C=O) groups is 2. The molecular formula is C15H15ClN4O2S. The van der Waals surface area contributed by atoms with Gasteiger partial charge in [-0.25, -0.2) is 9.78 Å². The van der Waals surface area contributed by atoms with E-state index in [1.54, 1.807) is 12.1 Å². The van der Waals surface area contributed by atoms with Crippen molar-refractivity contribution in [2.45, 2.75) is 19.4 Å². The van der Waals surface area contributed by atoms with Crippen LogP contribution in [0.1, 0.15) is 27.3 Å². The van der Waals surface area contributed by atoms with E-state index in [9.17, 15) is 9.59 Å². The van der Waals surface area contributed by atoms with Gasteiger partial charge in [0.25, 0.3) is 5.91 Å². The van der Waals surface area contributed by atoms with Gasteiger partial charge in [-0.1, -0.05) is 35.1 Å². The van der Waals surface area contributed by atoms with Crippen LogP contribution in [-0.4, -0.2) is 23.5 Å². The lowest BCUT2D eigenvalue weighted by molar-refractivity contribution is 0.0960. The molecule has 0 saturated carbocycles. The van der Waals surface area contributed by atoms with Crippen LogP contribution < -0.4 is 16.0 Å². The normalized spacial score (nSPS) is 13.7. The molecule has 23 heavy (non-hydrogen) atoms. The lowest BCUT2D eigenvalue weighted by atomic mass is 10.2. The van der Waals surface area contributed by atoms with E-state index < -0.39 is 0 Å². The van der Waals surface area contributed by atoms with Gasteiger partial charge >= 0.3 is 6.03 Å². The number of nitrogens with one attached hydrogen (secondary N) is 3. The first-order valence-electron chi connectivity index (χ1n) is 7.19. The van der Waals surface area contributed by atoms with Crippen LogP contribution in [0.2, 0.25) is 5.02 Å². The maximum absolute atomic E-state index is 11.9. The SMILES string of the molecule is O=C(NCc1ccc(Cl)cc1)Nc1nc2c(s1)C(=O)NCCC2. The molecule has 6 nitrogen and oxygen atoms in total. The predicted octanol–water partition coefficient (Wildman–Crippen LogP) is 2.79. The summed E-state index contributed by atoms with van der Waals surface area (Å²) >= 11 is 7.01. The molecule has 120 valence electrons. The third-order valence-electron chi connectivity index (χ3n) is 3.37. The van der Waals surface area contributed by atoms with Gasteiger partial charge in [-0.3, -0.25) is 10.1 Å². The van der Waals surface area contributed by atoms with E-state index in [-0.39, 0.29) is 11.9 Å². The number of anilines is 1. The lowest BCUT2D eigenvalue weighted by Gasteiger charge is -2.05. The molecular weight excluding hydrogens is 336 g/mol. The molecule has 0 aliphatic carbocycles. The van der Waals surface area contributed by atoms with Gasteiger partial charge in [-0.2, -0.15) is 0 Å². The van der Waals surface area contributed by atoms with E-state index >= 15 is 0 Å². The first-order chi connectivity index (χ1) is 11.1. The number of fused-ring (bicyclic) bond motifs is 1. The Morgan fingerprint density at radius 1 is 1.35 bits per heavy atom. The van der Waals surface area contributed by atoms with Crippen molar-refractivity contribution in [3.63, 3.8) is 0 Å². The molecule has 3 N–H and O–H groups in total. The molecule has 0 saturated heterocycles. The van der Waals surface area contributed by atoms with E-state index in [4.69, 9.17) is 11.6 Å². The van der Waals surface area contributed by atoms with Gasteiger partial charge in [-0.15, -0.1) is 0 Å². The zero-order valence-electron chi connectivity index (χ0n) is 12.2. The zero-order chi connectivity index (χ0) is 16.2. The summed E-state index contributed by atoms with van der Waals surface area (Å²) in [5, 5.41) is 9.31. The second-order valence-corrected chi connectivity index (χ2v) is 6.52. The fraction of sp³-hybridized carbons (Fsp3) is 0.267. The second kappa shape index (κ2) is 6.97. The monoisotopic (exact) mass is 350 g/mol. The third kappa shape index (κ3) is 4.00. The van der Waals surface area contributed by atoms with Crippen LogP contribution in [0.4, 0.5) is 9.93 Å². The number of halogens is 1. The largest absolute Gasteiger partial charge is 0.351 e. The Morgan fingerprint density at radius 3 is 2.91 bits per heavy atom. The Balaban J connectivity index is 1.59. The van der Waals surface area contributed by atoms with Crippen molar-refractivity contribution in [3.05, 3.63) is 45.4 Å². The molecule has 1 aromatic carbocycles. The highest BCUT2D eigenvalue weighted by Crippen LogP contribution is 2.25. The number of urea groups is 1. The predicted molar refractivity (Wildman–Crippen MR) is 90.1 cm³/mol. The van der Waals surface area contributed by atoms with E-state index in [0.29, 0.717) is 28.1 Å². The molecule has 0 radical (unpaired) electrons. The topological polar surface area (TPSA) is 83.1 Å². The first-order valence-corrected chi connectivity index (χ1v) is 8.38. The highest BCUT2D eigenvalue weighted by Gasteiger charge is 2.21. The molecule has 2 heterocycles. The van der Waals surface area contributed by atoms with Crippen molar-refractivity contribution in [1.82, 2.24) is 15.6 Å². The Morgan fingerprint density at radius 2 is 2.13 bits per heavy atom. The molecule has 3 amide bonds. The summed E-state index contributed by atoms with van der Waals surface area (Å²) in [6.45, 7) is 1.04. The van der Waals surface area contributed by atoms with Crippen molar-refractivity contribution in [2.75, 3.05) is 11.9 Å². The number of thiazole rings is 1. The van der Waals surface area contributed by atoms with Crippen molar-refractivity contribution in [3.8, 4) is 0 Å². The minimum Gasteiger partial charge on any atom is -0.351 e. The summed E-state index contributed by atoms with van der Waals surface area (Å²) in [5.41, 5.74) is 1.69. The molecule has 0 bridgehead atoms. The molecule has 0 spiro atoms. The summed E-state index contributed by atoms with van der Waals surface area (Å²) in [5.74, 6) is -0.121. The summed E-state index contributed by atoms with van der Waals surface area (Å²) in [6, 6.07) is 6.88. The highest BCUT2D eigenvalue weighted by molar-refractivity contribution is 7.17. The van der Waals surface area contributed by atoms with E-state index in [1.165, 1.54) is 11.3 Å². The van der Waals surface area contributed by atoms with Crippen LogP contribution in [0.15, 0.2) is 24.3 Å². The number of nitrogens with zero attached hydrogens (tertiary/aromatic N) is 1. The van der Waals surface area contributed by atoms with Gasteiger partial charge in [0.05, 0.1) is 5.69 Å². The molecule has 1 aliphatic heterocycles. The van der Waals surface area contributed by atoms with Crippen molar-refractivity contribution in [1.29, 1.82) is 0 Å². The number of benzene rings is 1. The maximum atomic E-state index is 11.9. The number of carbonyl (C=O) groups excluding carboxylic acids is 2. The molecule has 1 aromatic heterocycles. The number of hydrogen-bond donors (Lipinski definition) is 3. The standard InChI is InChI=1S/C15H15ClN4O2S/c16-10-5-3-9(4-6-10)8-18-14(22)20-15-19-11-2-1-7-17-13(21)12(11)23-15/h3-6H,1-2,7-8H2,(H,17,21)(H2,18,19,20,22). The number of amides is 3. The number of hydrogen-bond acceptors (Lipinski definition) is 4. The van der Waals surface area contributed by atoms with Gasteiger partial charge in [0.15, 0.2) is 5.13 Å². The van der Waals surface area contributed by atoms with Crippen LogP contribution in [0.5, 0.6) is 0 Å². The van der Waals surface area contributed by atoms with Gasteiger partial charge in [-0.05, 0) is 30.5 Å². The minimum atomic E-state index is -0.357. The van der Waals surface area contributed by atoms with E-state index in [2.05, 4.69) is 20.9 Å². The molecule has 0 unspecified atom stereocenters. The molecule has 0 atom stereocenters. The summed E-state index contributed by atoms with van der Waals surface area (Å²) in [7, 11) is 0. The smallest absolute Gasteiger partial charge is 0.321 e. The van der Waals surface area contributed by atoms with Gasteiger partial charge in [0, 0.05) is 18.1 Å². The summed E-state index contributed by atoms with van der Waals surface area (Å²) in [4.78, 5) is 28.7. The van der Waals surface area contributed by atoms with Gasteiger partial charge in [0.2, 0.25) is 0 Å².